The van der Waals surface area contributed by atoms with Crippen LogP contribution >= 0.6 is 0 Å². The van der Waals surface area contributed by atoms with Gasteiger partial charge in [0, 0.05) is 4.91 Å². The summed E-state index contributed by atoms with van der Waals surface area (Å²) in [5.74, 6) is 0. The minimum atomic E-state index is -3.95. The Morgan fingerprint density at radius 3 is 2.63 bits per heavy atom. The molecule has 1 aliphatic rings. The van der Waals surface area contributed by atoms with Crippen molar-refractivity contribution in [1.82, 2.24) is 0 Å². The van der Waals surface area contributed by atoms with Crippen molar-refractivity contribution in [2.45, 2.75) is 95.2 Å². The van der Waals surface area contributed by atoms with Crippen LogP contribution in [0.1, 0.15) is 64.4 Å². The third kappa shape index (κ3) is 7.89. The van der Waals surface area contributed by atoms with Crippen molar-refractivity contribution >= 4 is 10.1 Å². The van der Waals surface area contributed by atoms with Gasteiger partial charge in [-0.05, 0) is 50.8 Å². The summed E-state index contributed by atoms with van der Waals surface area (Å²) >= 11 is 0. The predicted octanol–water partition coefficient (Wildman–Crippen LogP) is 5.26. The Kier molecular flexibility index (Phi) is 10.1. The molecule has 0 N–H and O–H groups in total. The van der Waals surface area contributed by atoms with E-state index in [0.717, 1.165) is 31.2 Å². The largest absolute Gasteiger partial charge is 0.347 e. The van der Waals surface area contributed by atoms with Crippen LogP contribution in [0.4, 0.5) is 0 Å². The molecule has 2 rings (SSSR count). The van der Waals surface area contributed by atoms with Crippen LogP contribution in [-0.2, 0) is 23.8 Å². The fourth-order valence-electron chi connectivity index (χ4n) is 3.39. The van der Waals surface area contributed by atoms with Crippen LogP contribution in [-0.4, -0.2) is 39.6 Å². The van der Waals surface area contributed by atoms with Gasteiger partial charge >= 0.3 is 0 Å². The van der Waals surface area contributed by atoms with E-state index in [1.54, 1.807) is 12.1 Å². The van der Waals surface area contributed by atoms with E-state index in [-0.39, 0.29) is 23.6 Å². The van der Waals surface area contributed by atoms with Crippen molar-refractivity contribution in [1.29, 1.82) is 0 Å². The van der Waals surface area contributed by atoms with Crippen LogP contribution in [0.5, 0.6) is 0 Å². The van der Waals surface area contributed by atoms with Crippen molar-refractivity contribution in [2.75, 3.05) is 6.54 Å². The van der Waals surface area contributed by atoms with Gasteiger partial charge in [0.1, 0.15) is 6.10 Å². The van der Waals surface area contributed by atoms with E-state index in [0.29, 0.717) is 12.8 Å². The van der Waals surface area contributed by atoms with Crippen molar-refractivity contribution in [3.05, 3.63) is 40.3 Å². The highest BCUT2D eigenvalue weighted by molar-refractivity contribution is 7.86. The maximum Gasteiger partial charge on any atom is 0.297 e. The summed E-state index contributed by atoms with van der Waals surface area (Å²) in [6, 6.07) is 6.53. The number of ether oxygens (including phenoxy) is 2. The minimum absolute atomic E-state index is 0.0988. The lowest BCUT2D eigenvalue weighted by Gasteiger charge is -2.36. The number of hydrogen-bond acceptors (Lipinski definition) is 6. The number of unbranched alkanes of at least 4 members (excludes halogenated alkanes) is 3. The average Bonchev–Trinajstić information content (AvgIpc) is 2.71. The molecule has 0 saturated carbocycles. The van der Waals surface area contributed by atoms with E-state index in [4.69, 9.17) is 19.2 Å². The monoisotopic (exact) mass is 439 g/mol. The summed E-state index contributed by atoms with van der Waals surface area (Å²) in [6.07, 6.45) is 4.33. The lowest BCUT2D eigenvalue weighted by molar-refractivity contribution is -0.246. The fourth-order valence-corrected chi connectivity index (χ4v) is 4.48. The van der Waals surface area contributed by atoms with Gasteiger partial charge in [-0.3, -0.25) is 4.18 Å². The van der Waals surface area contributed by atoms with E-state index in [9.17, 15) is 8.42 Å². The first-order valence-corrected chi connectivity index (χ1v) is 12.1. The van der Waals surface area contributed by atoms with Gasteiger partial charge < -0.3 is 9.47 Å². The Hall–Kier alpha value is -1.64. The summed E-state index contributed by atoms with van der Waals surface area (Å²) < 4.78 is 43.0. The Morgan fingerprint density at radius 1 is 1.23 bits per heavy atom. The molecule has 8 nitrogen and oxygen atoms in total. The van der Waals surface area contributed by atoms with Gasteiger partial charge in [-0.2, -0.15) is 8.42 Å². The molecule has 1 heterocycles. The molecule has 0 amide bonds. The van der Waals surface area contributed by atoms with Crippen LogP contribution in [0.3, 0.4) is 0 Å². The molecule has 0 spiro atoms. The molecule has 1 aromatic carbocycles. The molecule has 1 aliphatic heterocycles. The molecule has 9 heteroatoms. The molecule has 168 valence electrons. The second-order valence-electron chi connectivity index (χ2n) is 7.82. The average molecular weight is 440 g/mol. The zero-order valence-electron chi connectivity index (χ0n) is 18.1. The normalized spacial score (nSPS) is 23.0. The van der Waals surface area contributed by atoms with E-state index < -0.39 is 22.5 Å². The van der Waals surface area contributed by atoms with Gasteiger partial charge in [0.25, 0.3) is 10.1 Å². The molecule has 0 aliphatic carbocycles. The van der Waals surface area contributed by atoms with Crippen LogP contribution in [0.2, 0.25) is 0 Å². The molecule has 30 heavy (non-hydrogen) atoms. The Balaban J connectivity index is 2.06. The number of nitrogens with zero attached hydrogens (tertiary/aromatic N) is 3. The summed E-state index contributed by atoms with van der Waals surface area (Å²) in [5.41, 5.74) is 9.53. The van der Waals surface area contributed by atoms with E-state index in [2.05, 4.69) is 16.9 Å². The van der Waals surface area contributed by atoms with Crippen LogP contribution in [0.25, 0.3) is 10.4 Å². The van der Waals surface area contributed by atoms with Gasteiger partial charge in [-0.15, -0.1) is 0 Å². The summed E-state index contributed by atoms with van der Waals surface area (Å²) in [6.45, 7) is 6.19. The first-order chi connectivity index (χ1) is 14.4. The van der Waals surface area contributed by atoms with Crippen LogP contribution in [0.15, 0.2) is 34.3 Å². The lowest BCUT2D eigenvalue weighted by Crippen LogP contribution is -2.45. The quantitative estimate of drug-likeness (QED) is 0.145. The third-order valence-electron chi connectivity index (χ3n) is 5.14. The van der Waals surface area contributed by atoms with Gasteiger partial charge in [0.15, 0.2) is 6.29 Å². The topological polar surface area (TPSA) is 111 Å². The minimum Gasteiger partial charge on any atom is -0.347 e. The first kappa shape index (κ1) is 24.6. The van der Waals surface area contributed by atoms with Crippen LogP contribution in [0, 0.1) is 6.92 Å². The van der Waals surface area contributed by atoms with Gasteiger partial charge in [-0.25, -0.2) is 0 Å². The lowest BCUT2D eigenvalue weighted by atomic mass is 10.1. The summed E-state index contributed by atoms with van der Waals surface area (Å²) in [4.78, 5) is 2.88. The molecule has 0 bridgehead atoms. The Bertz CT molecular complexity index is 793. The number of benzene rings is 1. The van der Waals surface area contributed by atoms with E-state index >= 15 is 0 Å². The van der Waals surface area contributed by atoms with Gasteiger partial charge in [0.2, 0.25) is 0 Å². The molecular formula is C21H33N3O5S. The second kappa shape index (κ2) is 12.3. The summed E-state index contributed by atoms with van der Waals surface area (Å²) in [7, 11) is -3.95. The predicted molar refractivity (Wildman–Crippen MR) is 114 cm³/mol. The maximum absolute atomic E-state index is 12.7. The Morgan fingerprint density at radius 2 is 1.97 bits per heavy atom. The standard InChI is InChI=1S/C21H33N3O5S/c1-4-5-6-7-8-17(3)27-21-20(14-11-18(28-21)15-23-24-22)29-30(25,26)19-12-9-16(2)10-13-19/h9-10,12-13,17-18,20-21H,4-8,11,14-15H2,1-3H3/t17-,18-,20+,21-/m0/s1. The van der Waals surface area contributed by atoms with Crippen LogP contribution < -0.4 is 0 Å². The number of hydrogen-bond donors (Lipinski definition) is 0. The van der Waals surface area contributed by atoms with Crippen molar-refractivity contribution in [3.8, 4) is 0 Å². The van der Waals surface area contributed by atoms with Gasteiger partial charge in [0.05, 0.1) is 23.6 Å². The Labute approximate surface area is 179 Å². The van der Waals surface area contributed by atoms with Gasteiger partial charge in [-0.1, -0.05) is 55.4 Å². The third-order valence-corrected chi connectivity index (χ3v) is 6.49. The molecule has 0 aromatic heterocycles. The van der Waals surface area contributed by atoms with Crippen molar-refractivity contribution in [2.24, 2.45) is 5.11 Å². The molecule has 1 fully saturated rings. The fraction of sp³-hybridized carbons (Fsp3) is 0.714. The maximum atomic E-state index is 12.7. The van der Waals surface area contributed by atoms with Crippen molar-refractivity contribution < 1.29 is 22.1 Å². The smallest absolute Gasteiger partial charge is 0.297 e. The SMILES string of the molecule is CCCCCC[C@H](C)O[C@H]1O[C@H](CN=[N+]=[N-])CC[C@H]1OS(=O)(=O)c1ccc(C)cc1. The molecule has 1 aromatic rings. The van der Waals surface area contributed by atoms with E-state index in [1.165, 1.54) is 18.6 Å². The molecule has 4 atom stereocenters. The summed E-state index contributed by atoms with van der Waals surface area (Å²) in [5, 5.41) is 3.58. The zero-order chi connectivity index (χ0) is 22.0. The first-order valence-electron chi connectivity index (χ1n) is 10.7. The molecule has 0 unspecified atom stereocenters. The number of rotatable bonds is 12. The van der Waals surface area contributed by atoms with E-state index in [1.807, 2.05) is 13.8 Å². The highest BCUT2D eigenvalue weighted by Crippen LogP contribution is 2.28. The highest BCUT2D eigenvalue weighted by Gasteiger charge is 2.37. The van der Waals surface area contributed by atoms with Crippen molar-refractivity contribution in [3.63, 3.8) is 0 Å². The number of aryl methyl sites for hydroxylation is 1. The molecule has 1 saturated heterocycles. The second-order valence-corrected chi connectivity index (χ2v) is 9.39. The zero-order valence-corrected chi connectivity index (χ0v) is 18.9. The molecular weight excluding hydrogens is 406 g/mol. The molecule has 0 radical (unpaired) electrons. The number of azide groups is 1. The highest BCUT2D eigenvalue weighted by atomic mass is 32.2.